The molecule has 2 bridgehead atoms. The first-order valence-electron chi connectivity index (χ1n) is 6.88. The van der Waals surface area contributed by atoms with Crippen molar-refractivity contribution >= 4 is 11.8 Å². The summed E-state index contributed by atoms with van der Waals surface area (Å²) in [7, 11) is 0. The summed E-state index contributed by atoms with van der Waals surface area (Å²) in [6, 6.07) is 0. The maximum atomic E-state index is 10.1. The van der Waals surface area contributed by atoms with E-state index in [0.29, 0.717) is 17.9 Å². The Morgan fingerprint density at radius 3 is 2.88 bits per heavy atom. The van der Waals surface area contributed by atoms with E-state index in [0.717, 1.165) is 5.94 Å². The van der Waals surface area contributed by atoms with Gasteiger partial charge in [0.25, 0.3) is 0 Å². The second kappa shape index (κ2) is 3.88. The Kier molecular flexibility index (Phi) is 2.81. The molecule has 3 saturated carbocycles. The predicted octanol–water partition coefficient (Wildman–Crippen LogP) is 3.04. The summed E-state index contributed by atoms with van der Waals surface area (Å²) in [6.07, 6.45) is 9.57. The fourth-order valence-electron chi connectivity index (χ4n) is 5.48. The van der Waals surface area contributed by atoms with Crippen molar-refractivity contribution in [2.75, 3.05) is 18.8 Å². The third kappa shape index (κ3) is 1.26. The second-order valence-corrected chi connectivity index (χ2v) is 7.35. The summed E-state index contributed by atoms with van der Waals surface area (Å²) < 4.78 is 6.36. The molecule has 2 nitrogen and oxygen atoms in total. The summed E-state index contributed by atoms with van der Waals surface area (Å²) >= 11 is 1.76. The van der Waals surface area contributed by atoms with Gasteiger partial charge in [0.15, 0.2) is 0 Å². The predicted molar refractivity (Wildman–Crippen MR) is 71.0 cm³/mol. The number of fused-ring (bicyclic) bond motifs is 5. The van der Waals surface area contributed by atoms with Gasteiger partial charge in [-0.2, -0.15) is 0 Å². The molecule has 0 aliphatic heterocycles. The van der Waals surface area contributed by atoms with Crippen molar-refractivity contribution in [1.29, 1.82) is 0 Å². The first-order chi connectivity index (χ1) is 8.14. The van der Waals surface area contributed by atoms with Gasteiger partial charge in [-0.1, -0.05) is 6.92 Å². The highest BCUT2D eigenvalue weighted by atomic mass is 32.2. The molecule has 0 aromatic carbocycles. The molecule has 0 amide bonds. The summed E-state index contributed by atoms with van der Waals surface area (Å²) in [4.78, 5) is 0. The van der Waals surface area contributed by atoms with Crippen LogP contribution in [0.3, 0.4) is 0 Å². The van der Waals surface area contributed by atoms with Crippen LogP contribution in [0.4, 0.5) is 0 Å². The smallest absolute Gasteiger partial charge is 0.0926 e. The number of ether oxygens (including phenoxy) is 1. The topological polar surface area (TPSA) is 29.5 Å². The summed E-state index contributed by atoms with van der Waals surface area (Å²) in [6.45, 7) is 2.73. The van der Waals surface area contributed by atoms with Gasteiger partial charge in [0, 0.05) is 5.41 Å². The van der Waals surface area contributed by atoms with Gasteiger partial charge >= 0.3 is 0 Å². The van der Waals surface area contributed by atoms with E-state index in [2.05, 4.69) is 13.2 Å². The zero-order chi connectivity index (χ0) is 12.1. The van der Waals surface area contributed by atoms with Gasteiger partial charge < -0.3 is 9.84 Å². The lowest BCUT2D eigenvalue weighted by Gasteiger charge is -2.52. The molecule has 17 heavy (non-hydrogen) atoms. The van der Waals surface area contributed by atoms with Crippen molar-refractivity contribution in [2.24, 2.45) is 16.7 Å². The van der Waals surface area contributed by atoms with Crippen molar-refractivity contribution in [2.45, 2.75) is 51.0 Å². The molecule has 98 valence electrons. The van der Waals surface area contributed by atoms with E-state index in [1.165, 1.54) is 38.5 Å². The zero-order valence-corrected chi connectivity index (χ0v) is 11.8. The lowest BCUT2D eigenvalue weighted by Crippen LogP contribution is -2.55. The number of thioether (sulfide) groups is 1. The van der Waals surface area contributed by atoms with E-state index in [-0.39, 0.29) is 11.0 Å². The number of hydrogen-bond donors (Lipinski definition) is 1. The number of aliphatic hydroxyl groups excluding tert-OH is 1. The van der Waals surface area contributed by atoms with E-state index in [1.807, 2.05) is 0 Å². The van der Waals surface area contributed by atoms with Crippen LogP contribution in [0.1, 0.15) is 45.4 Å². The first kappa shape index (κ1) is 12.3. The molecule has 0 heterocycles. The molecule has 0 radical (unpaired) electrons. The molecule has 3 rings (SSSR count). The van der Waals surface area contributed by atoms with Crippen molar-refractivity contribution < 1.29 is 9.84 Å². The van der Waals surface area contributed by atoms with Crippen molar-refractivity contribution in [1.82, 2.24) is 0 Å². The fourth-order valence-corrected chi connectivity index (χ4v) is 5.81. The van der Waals surface area contributed by atoms with Crippen LogP contribution >= 0.6 is 11.8 Å². The Morgan fingerprint density at radius 1 is 1.35 bits per heavy atom. The Hall–Kier alpha value is 0.270. The molecule has 4 unspecified atom stereocenters. The molecule has 0 aromatic heterocycles. The van der Waals surface area contributed by atoms with Gasteiger partial charge in [-0.3, -0.25) is 0 Å². The van der Waals surface area contributed by atoms with Crippen molar-refractivity contribution in [3.05, 3.63) is 0 Å². The van der Waals surface area contributed by atoms with Crippen LogP contribution in [0.25, 0.3) is 0 Å². The van der Waals surface area contributed by atoms with Crippen LogP contribution in [0.2, 0.25) is 0 Å². The average molecular weight is 256 g/mol. The van der Waals surface area contributed by atoms with Crippen molar-refractivity contribution in [3.8, 4) is 0 Å². The normalized spacial score (nSPS) is 52.1. The largest absolute Gasteiger partial charge is 0.396 e. The molecule has 3 fully saturated rings. The van der Waals surface area contributed by atoms with Gasteiger partial charge in [-0.25, -0.2) is 0 Å². The minimum absolute atomic E-state index is 0.0117. The SMILES string of the molecule is CSCOC12CCCC1(CO)C1(C)CCC2C1. The molecule has 0 saturated heterocycles. The Morgan fingerprint density at radius 2 is 2.18 bits per heavy atom. The molecule has 4 atom stereocenters. The Balaban J connectivity index is 2.00. The summed E-state index contributed by atoms with van der Waals surface area (Å²) in [5.74, 6) is 1.49. The molecule has 1 N–H and O–H groups in total. The molecule has 3 heteroatoms. The highest BCUT2D eigenvalue weighted by molar-refractivity contribution is 7.98. The van der Waals surface area contributed by atoms with Crippen LogP contribution in [-0.4, -0.2) is 29.5 Å². The highest BCUT2D eigenvalue weighted by Gasteiger charge is 2.74. The molecule has 0 aromatic rings. The lowest BCUT2D eigenvalue weighted by molar-refractivity contribution is -0.169. The molecule has 3 aliphatic carbocycles. The molecule has 0 spiro atoms. The van der Waals surface area contributed by atoms with E-state index in [4.69, 9.17) is 4.74 Å². The quantitative estimate of drug-likeness (QED) is 0.784. The number of hydrogen-bond acceptors (Lipinski definition) is 3. The third-order valence-electron chi connectivity index (χ3n) is 6.22. The average Bonchev–Trinajstić information content (AvgIpc) is 2.94. The Bertz CT molecular complexity index is 321. The number of rotatable bonds is 4. The number of aliphatic hydroxyl groups is 1. The van der Waals surface area contributed by atoms with E-state index in [1.54, 1.807) is 11.8 Å². The third-order valence-corrected chi connectivity index (χ3v) is 6.58. The van der Waals surface area contributed by atoms with Gasteiger partial charge in [0.05, 0.1) is 18.1 Å². The summed E-state index contributed by atoms with van der Waals surface area (Å²) in [5.41, 5.74) is 0.414. The zero-order valence-electron chi connectivity index (χ0n) is 11.0. The van der Waals surface area contributed by atoms with Gasteiger partial charge in [-0.05, 0) is 56.1 Å². The van der Waals surface area contributed by atoms with E-state index in [9.17, 15) is 5.11 Å². The Labute approximate surface area is 108 Å². The molecule has 3 aliphatic rings. The maximum Gasteiger partial charge on any atom is 0.0926 e. The lowest BCUT2D eigenvalue weighted by atomic mass is 9.58. The van der Waals surface area contributed by atoms with Crippen LogP contribution < -0.4 is 0 Å². The van der Waals surface area contributed by atoms with Crippen LogP contribution in [0, 0.1) is 16.7 Å². The summed E-state index contributed by atoms with van der Waals surface area (Å²) in [5, 5.41) is 10.1. The fraction of sp³-hybridized carbons (Fsp3) is 1.00. The van der Waals surface area contributed by atoms with Crippen LogP contribution in [0.5, 0.6) is 0 Å². The van der Waals surface area contributed by atoms with Crippen molar-refractivity contribution in [3.63, 3.8) is 0 Å². The monoisotopic (exact) mass is 256 g/mol. The van der Waals surface area contributed by atoms with E-state index < -0.39 is 0 Å². The first-order valence-corrected chi connectivity index (χ1v) is 8.27. The minimum atomic E-state index is 0.0117. The standard InChI is InChI=1S/C14H24O2S/c1-12-7-4-11(8-12)14(16-10-17-2)6-3-5-13(12,14)9-15/h11,15H,3-10H2,1-2H3. The second-order valence-electron chi connectivity index (χ2n) is 6.53. The van der Waals surface area contributed by atoms with Crippen LogP contribution in [-0.2, 0) is 4.74 Å². The van der Waals surface area contributed by atoms with Gasteiger partial charge in [0.2, 0.25) is 0 Å². The maximum absolute atomic E-state index is 10.1. The van der Waals surface area contributed by atoms with Gasteiger partial charge in [0.1, 0.15) is 0 Å². The highest BCUT2D eigenvalue weighted by Crippen LogP contribution is 2.75. The minimum Gasteiger partial charge on any atom is -0.396 e. The molecular formula is C14H24O2S. The van der Waals surface area contributed by atoms with Gasteiger partial charge in [-0.15, -0.1) is 11.8 Å². The van der Waals surface area contributed by atoms with E-state index >= 15 is 0 Å². The molecular weight excluding hydrogens is 232 g/mol. The van der Waals surface area contributed by atoms with Crippen LogP contribution in [0.15, 0.2) is 0 Å².